The quantitative estimate of drug-likeness (QED) is 0.721. The third-order valence-electron chi connectivity index (χ3n) is 2.66. The number of allylic oxidation sites excluding steroid dienone is 3. The van der Waals surface area contributed by atoms with Crippen LogP contribution in [-0.4, -0.2) is 12.6 Å². The minimum atomic E-state index is -0.347. The molecule has 1 rings (SSSR count). The summed E-state index contributed by atoms with van der Waals surface area (Å²) in [5, 5.41) is 12.1. The lowest BCUT2D eigenvalue weighted by Gasteiger charge is -2.25. The molecular formula is C12H16N2O2. The summed E-state index contributed by atoms with van der Waals surface area (Å²) in [6.45, 7) is 7.60. The zero-order valence-electron chi connectivity index (χ0n) is 10.0. The highest BCUT2D eigenvalue weighted by Gasteiger charge is 2.29. The number of nitrogens with zero attached hydrogens (tertiary/aromatic N) is 1. The fourth-order valence-corrected chi connectivity index (χ4v) is 1.93. The summed E-state index contributed by atoms with van der Waals surface area (Å²) in [5.41, 5.74) is 2.71. The van der Waals surface area contributed by atoms with Crippen LogP contribution >= 0.6 is 0 Å². The van der Waals surface area contributed by atoms with Gasteiger partial charge in [-0.25, -0.2) is 4.79 Å². The van der Waals surface area contributed by atoms with Crippen molar-refractivity contribution in [2.45, 2.75) is 27.7 Å². The Morgan fingerprint density at radius 3 is 2.62 bits per heavy atom. The third-order valence-corrected chi connectivity index (χ3v) is 2.66. The molecule has 0 aromatic heterocycles. The molecule has 0 saturated carbocycles. The zero-order chi connectivity index (χ0) is 12.3. The van der Waals surface area contributed by atoms with Crippen LogP contribution in [0.15, 0.2) is 22.5 Å². The Balaban J connectivity index is 3.07. The van der Waals surface area contributed by atoms with Crippen molar-refractivity contribution in [3.8, 4) is 6.07 Å². The number of carbonyl (C=O) groups excluding carboxylic acids is 1. The van der Waals surface area contributed by atoms with Gasteiger partial charge in [0.05, 0.1) is 23.8 Å². The van der Waals surface area contributed by atoms with E-state index in [1.165, 1.54) is 0 Å². The fourth-order valence-electron chi connectivity index (χ4n) is 1.93. The number of dihydropyridines is 1. The standard InChI is InChI=1S/C12H16N2O2/c1-5-16-12(15)11-7(2)10(6-13)8(3)14-9(11)4/h7,14H,5H2,1-4H3. The summed E-state index contributed by atoms with van der Waals surface area (Å²) in [7, 11) is 0. The highest BCUT2D eigenvalue weighted by molar-refractivity contribution is 5.91. The third kappa shape index (κ3) is 2.08. The number of nitriles is 1. The Kier molecular flexibility index (Phi) is 3.73. The molecule has 1 N–H and O–H groups in total. The maximum absolute atomic E-state index is 11.7. The van der Waals surface area contributed by atoms with Gasteiger partial charge in [-0.3, -0.25) is 0 Å². The number of carbonyl (C=O) groups is 1. The number of rotatable bonds is 2. The molecule has 0 bridgehead atoms. The van der Waals surface area contributed by atoms with Gasteiger partial charge in [0.25, 0.3) is 0 Å². The lowest BCUT2D eigenvalue weighted by atomic mass is 9.88. The molecule has 4 nitrogen and oxygen atoms in total. The van der Waals surface area contributed by atoms with Crippen LogP contribution < -0.4 is 5.32 Å². The SMILES string of the molecule is CCOC(=O)C1=C(C)NC(C)=C(C#N)C1C. The van der Waals surface area contributed by atoms with Crippen molar-refractivity contribution < 1.29 is 9.53 Å². The van der Waals surface area contributed by atoms with E-state index in [1.807, 2.05) is 20.8 Å². The molecule has 0 amide bonds. The lowest BCUT2D eigenvalue weighted by molar-refractivity contribution is -0.139. The normalized spacial score (nSPS) is 20.3. The Labute approximate surface area is 95.6 Å². The maximum atomic E-state index is 11.7. The van der Waals surface area contributed by atoms with E-state index in [0.717, 1.165) is 11.4 Å². The first kappa shape index (κ1) is 12.3. The highest BCUT2D eigenvalue weighted by atomic mass is 16.5. The first-order valence-corrected chi connectivity index (χ1v) is 5.28. The summed E-state index contributed by atoms with van der Waals surface area (Å²) < 4.78 is 4.98. The van der Waals surface area contributed by atoms with Crippen LogP contribution in [-0.2, 0) is 9.53 Å². The van der Waals surface area contributed by atoms with Crippen LogP contribution in [0, 0.1) is 17.2 Å². The van der Waals surface area contributed by atoms with Crippen molar-refractivity contribution in [2.24, 2.45) is 5.92 Å². The van der Waals surface area contributed by atoms with Gasteiger partial charge in [0.15, 0.2) is 0 Å². The van der Waals surface area contributed by atoms with E-state index in [9.17, 15) is 4.79 Å². The molecule has 16 heavy (non-hydrogen) atoms. The molecule has 1 unspecified atom stereocenters. The van der Waals surface area contributed by atoms with E-state index in [2.05, 4.69) is 11.4 Å². The topological polar surface area (TPSA) is 62.1 Å². The first-order chi connectivity index (χ1) is 7.52. The summed E-state index contributed by atoms with van der Waals surface area (Å²) in [4.78, 5) is 11.7. The molecular weight excluding hydrogens is 204 g/mol. The Bertz CT molecular complexity index is 413. The van der Waals surface area contributed by atoms with Gasteiger partial charge in [0, 0.05) is 17.3 Å². The number of nitrogens with one attached hydrogen (secondary N) is 1. The van der Waals surface area contributed by atoms with E-state index in [1.54, 1.807) is 6.92 Å². The summed E-state index contributed by atoms with van der Waals surface area (Å²) in [6, 6.07) is 2.13. The molecule has 1 heterocycles. The van der Waals surface area contributed by atoms with Crippen LogP contribution in [0.1, 0.15) is 27.7 Å². The minimum Gasteiger partial charge on any atom is -0.463 e. The Morgan fingerprint density at radius 1 is 1.50 bits per heavy atom. The molecule has 1 aliphatic heterocycles. The van der Waals surface area contributed by atoms with Gasteiger partial charge in [0.2, 0.25) is 0 Å². The van der Waals surface area contributed by atoms with Crippen LogP contribution in [0.2, 0.25) is 0 Å². The first-order valence-electron chi connectivity index (χ1n) is 5.28. The van der Waals surface area contributed by atoms with Gasteiger partial charge in [-0.05, 0) is 20.8 Å². The Hall–Kier alpha value is -1.76. The molecule has 0 fully saturated rings. The van der Waals surface area contributed by atoms with Gasteiger partial charge < -0.3 is 10.1 Å². The number of ether oxygens (including phenoxy) is 1. The molecule has 0 radical (unpaired) electrons. The smallest absolute Gasteiger partial charge is 0.336 e. The van der Waals surface area contributed by atoms with E-state index < -0.39 is 0 Å². The summed E-state index contributed by atoms with van der Waals surface area (Å²) in [5.74, 6) is -0.550. The largest absolute Gasteiger partial charge is 0.463 e. The number of hydrogen-bond acceptors (Lipinski definition) is 4. The molecule has 1 atom stereocenters. The van der Waals surface area contributed by atoms with Crippen LogP contribution in [0.25, 0.3) is 0 Å². The highest BCUT2D eigenvalue weighted by Crippen LogP contribution is 2.29. The van der Waals surface area contributed by atoms with E-state index >= 15 is 0 Å². The monoisotopic (exact) mass is 220 g/mol. The van der Waals surface area contributed by atoms with E-state index in [4.69, 9.17) is 10.00 Å². The molecule has 0 aromatic carbocycles. The van der Waals surface area contributed by atoms with Gasteiger partial charge in [-0.15, -0.1) is 0 Å². The number of esters is 1. The van der Waals surface area contributed by atoms with Gasteiger partial charge >= 0.3 is 5.97 Å². The maximum Gasteiger partial charge on any atom is 0.336 e. The van der Waals surface area contributed by atoms with Crippen molar-refractivity contribution >= 4 is 5.97 Å². The average molecular weight is 220 g/mol. The molecule has 0 saturated heterocycles. The predicted octanol–water partition coefficient (Wildman–Crippen LogP) is 1.86. The number of hydrogen-bond donors (Lipinski definition) is 1. The van der Waals surface area contributed by atoms with Crippen LogP contribution in [0.3, 0.4) is 0 Å². The molecule has 86 valence electrons. The van der Waals surface area contributed by atoms with Crippen LogP contribution in [0.4, 0.5) is 0 Å². The predicted molar refractivity (Wildman–Crippen MR) is 59.9 cm³/mol. The molecule has 0 spiro atoms. The van der Waals surface area contributed by atoms with Crippen molar-refractivity contribution in [3.63, 3.8) is 0 Å². The van der Waals surface area contributed by atoms with Crippen molar-refractivity contribution in [1.82, 2.24) is 5.32 Å². The second kappa shape index (κ2) is 4.84. The molecule has 1 aliphatic rings. The average Bonchev–Trinajstić information content (AvgIpc) is 2.17. The van der Waals surface area contributed by atoms with E-state index in [-0.39, 0.29) is 11.9 Å². The molecule has 4 heteroatoms. The second-order valence-electron chi connectivity index (χ2n) is 3.76. The van der Waals surface area contributed by atoms with Crippen LogP contribution in [0.5, 0.6) is 0 Å². The summed E-state index contributed by atoms with van der Waals surface area (Å²) >= 11 is 0. The second-order valence-corrected chi connectivity index (χ2v) is 3.76. The summed E-state index contributed by atoms with van der Waals surface area (Å²) in [6.07, 6.45) is 0. The lowest BCUT2D eigenvalue weighted by Crippen LogP contribution is -2.28. The Morgan fingerprint density at radius 2 is 2.12 bits per heavy atom. The van der Waals surface area contributed by atoms with Gasteiger partial charge in [-0.1, -0.05) is 6.92 Å². The zero-order valence-corrected chi connectivity index (χ0v) is 10.0. The van der Waals surface area contributed by atoms with E-state index in [0.29, 0.717) is 17.8 Å². The van der Waals surface area contributed by atoms with Gasteiger partial charge in [-0.2, -0.15) is 5.26 Å². The molecule has 0 aliphatic carbocycles. The molecule has 0 aromatic rings. The van der Waals surface area contributed by atoms with Crippen molar-refractivity contribution in [3.05, 3.63) is 22.5 Å². The van der Waals surface area contributed by atoms with Crippen molar-refractivity contribution in [1.29, 1.82) is 5.26 Å². The fraction of sp³-hybridized carbons (Fsp3) is 0.500. The van der Waals surface area contributed by atoms with Gasteiger partial charge in [0.1, 0.15) is 0 Å². The minimum absolute atomic E-state index is 0.203. The van der Waals surface area contributed by atoms with Crippen molar-refractivity contribution in [2.75, 3.05) is 6.61 Å².